The molecule has 8 heteroatoms. The fraction of sp³-hybridized carbons (Fsp3) is 0.280. The Balaban J connectivity index is 0.00000193. The van der Waals surface area contributed by atoms with Gasteiger partial charge in [-0.1, -0.05) is 42.5 Å². The number of hydrogen-bond acceptors (Lipinski definition) is 4. The Labute approximate surface area is 206 Å². The second-order valence-corrected chi connectivity index (χ2v) is 7.82. The SMILES string of the molecule is Cc1cc(-c2nn(CC=Cc3ccccc3)c(=O)c(N3CCNCC3)c2C)ccc1F.Cl.Cl. The highest BCUT2D eigenvalue weighted by Crippen LogP contribution is 2.28. The van der Waals surface area contributed by atoms with E-state index in [0.717, 1.165) is 42.9 Å². The fourth-order valence-electron chi connectivity index (χ4n) is 3.94. The molecule has 0 atom stereocenters. The fourth-order valence-corrected chi connectivity index (χ4v) is 3.94. The largest absolute Gasteiger partial charge is 0.364 e. The highest BCUT2D eigenvalue weighted by molar-refractivity contribution is 5.85. The maximum absolute atomic E-state index is 13.9. The van der Waals surface area contributed by atoms with E-state index >= 15 is 0 Å². The molecule has 176 valence electrons. The number of anilines is 1. The zero-order chi connectivity index (χ0) is 21.8. The summed E-state index contributed by atoms with van der Waals surface area (Å²) in [6, 6.07) is 14.9. The lowest BCUT2D eigenvalue weighted by atomic mass is 10.0. The van der Waals surface area contributed by atoms with Crippen molar-refractivity contribution in [1.82, 2.24) is 15.1 Å². The molecule has 4 rings (SSSR count). The van der Waals surface area contributed by atoms with Crippen LogP contribution in [0.4, 0.5) is 10.1 Å². The quantitative estimate of drug-likeness (QED) is 0.566. The summed E-state index contributed by atoms with van der Waals surface area (Å²) in [6.07, 6.45) is 3.93. The van der Waals surface area contributed by atoms with Crippen molar-refractivity contribution in [3.8, 4) is 11.3 Å². The molecule has 2 aromatic carbocycles. The molecule has 1 aromatic heterocycles. The molecule has 1 aliphatic rings. The molecular formula is C25H29Cl2FN4O. The van der Waals surface area contributed by atoms with Crippen molar-refractivity contribution in [3.63, 3.8) is 0 Å². The second-order valence-electron chi connectivity index (χ2n) is 7.82. The Morgan fingerprint density at radius 2 is 1.76 bits per heavy atom. The van der Waals surface area contributed by atoms with Crippen molar-refractivity contribution in [3.05, 3.63) is 87.5 Å². The van der Waals surface area contributed by atoms with Crippen LogP contribution in [0.15, 0.2) is 59.4 Å². The predicted molar refractivity (Wildman–Crippen MR) is 138 cm³/mol. The van der Waals surface area contributed by atoms with Gasteiger partial charge in [0.25, 0.3) is 5.56 Å². The highest BCUT2D eigenvalue weighted by atomic mass is 35.5. The first-order valence-electron chi connectivity index (χ1n) is 10.6. The molecule has 0 spiro atoms. The Morgan fingerprint density at radius 3 is 2.42 bits per heavy atom. The van der Waals surface area contributed by atoms with Crippen molar-refractivity contribution in [2.45, 2.75) is 20.4 Å². The summed E-state index contributed by atoms with van der Waals surface area (Å²) < 4.78 is 15.4. The Kier molecular flexibility index (Phi) is 9.65. The lowest BCUT2D eigenvalue weighted by Crippen LogP contribution is -2.46. The van der Waals surface area contributed by atoms with Gasteiger partial charge in [-0.2, -0.15) is 5.10 Å². The molecule has 0 bridgehead atoms. The van der Waals surface area contributed by atoms with Crippen LogP contribution >= 0.6 is 24.8 Å². The molecular weight excluding hydrogens is 462 g/mol. The standard InChI is InChI=1S/C25H27FN4O.2ClH/c1-18-17-21(10-11-22(18)26)23-19(2)24(29-15-12-27-13-16-29)25(31)30(28-23)14-6-9-20-7-4-3-5-8-20;;/h3-11,17,27H,12-16H2,1-2H3;2*1H. The average Bonchev–Trinajstić information content (AvgIpc) is 2.79. The molecule has 0 aliphatic carbocycles. The molecule has 3 aromatic rings. The van der Waals surface area contributed by atoms with Crippen LogP contribution in [0.1, 0.15) is 16.7 Å². The molecule has 1 N–H and O–H groups in total. The van der Waals surface area contributed by atoms with Crippen LogP contribution in [0.25, 0.3) is 17.3 Å². The van der Waals surface area contributed by atoms with E-state index in [9.17, 15) is 9.18 Å². The molecule has 0 saturated carbocycles. The van der Waals surface area contributed by atoms with E-state index in [-0.39, 0.29) is 36.2 Å². The van der Waals surface area contributed by atoms with E-state index in [2.05, 4.69) is 15.3 Å². The van der Waals surface area contributed by atoms with Crippen LogP contribution in [0.3, 0.4) is 0 Å². The topological polar surface area (TPSA) is 50.2 Å². The van der Waals surface area contributed by atoms with Crippen molar-refractivity contribution >= 4 is 36.6 Å². The average molecular weight is 491 g/mol. The molecule has 1 saturated heterocycles. The number of hydrogen-bond donors (Lipinski definition) is 1. The molecule has 33 heavy (non-hydrogen) atoms. The second kappa shape index (κ2) is 12.0. The predicted octanol–water partition coefficient (Wildman–Crippen LogP) is 4.63. The summed E-state index contributed by atoms with van der Waals surface area (Å²) in [5, 5.41) is 8.02. The number of nitrogens with zero attached hydrogens (tertiary/aromatic N) is 3. The molecule has 0 amide bonds. The third-order valence-electron chi connectivity index (χ3n) is 5.62. The van der Waals surface area contributed by atoms with Gasteiger partial charge in [0.2, 0.25) is 0 Å². The van der Waals surface area contributed by atoms with Gasteiger partial charge in [0.05, 0.1) is 12.2 Å². The van der Waals surface area contributed by atoms with Gasteiger partial charge in [0, 0.05) is 37.3 Å². The number of rotatable bonds is 5. The normalized spacial score (nSPS) is 13.5. The number of halogens is 3. The Hall–Kier alpha value is -2.67. The van der Waals surface area contributed by atoms with Gasteiger partial charge in [0.15, 0.2) is 0 Å². The van der Waals surface area contributed by atoms with Crippen molar-refractivity contribution in [1.29, 1.82) is 0 Å². The first kappa shape index (κ1) is 26.6. The van der Waals surface area contributed by atoms with Crippen LogP contribution < -0.4 is 15.8 Å². The first-order valence-corrected chi connectivity index (χ1v) is 10.6. The summed E-state index contributed by atoms with van der Waals surface area (Å²) in [5.74, 6) is -0.247. The van der Waals surface area contributed by atoms with E-state index in [1.54, 1.807) is 19.1 Å². The van der Waals surface area contributed by atoms with Crippen molar-refractivity contribution in [2.24, 2.45) is 0 Å². The number of piperazine rings is 1. The van der Waals surface area contributed by atoms with Gasteiger partial charge in [0.1, 0.15) is 11.5 Å². The van der Waals surface area contributed by atoms with E-state index in [4.69, 9.17) is 0 Å². The first-order chi connectivity index (χ1) is 15.0. The number of aryl methyl sites for hydroxylation is 1. The van der Waals surface area contributed by atoms with Gasteiger partial charge < -0.3 is 10.2 Å². The van der Waals surface area contributed by atoms with Gasteiger partial charge in [-0.05, 0) is 43.2 Å². The number of nitrogens with one attached hydrogen (secondary N) is 1. The molecule has 5 nitrogen and oxygen atoms in total. The summed E-state index contributed by atoms with van der Waals surface area (Å²) in [4.78, 5) is 15.5. The van der Waals surface area contributed by atoms with Crippen molar-refractivity contribution in [2.75, 3.05) is 31.1 Å². The molecule has 1 fully saturated rings. The van der Waals surface area contributed by atoms with Gasteiger partial charge >= 0.3 is 0 Å². The molecule has 0 unspecified atom stereocenters. The summed E-state index contributed by atoms with van der Waals surface area (Å²) in [6.45, 7) is 7.23. The third kappa shape index (κ3) is 6.02. The summed E-state index contributed by atoms with van der Waals surface area (Å²) >= 11 is 0. The van der Waals surface area contributed by atoms with Crippen molar-refractivity contribution < 1.29 is 4.39 Å². The third-order valence-corrected chi connectivity index (χ3v) is 5.62. The van der Waals surface area contributed by atoms with Crippen LogP contribution in [-0.2, 0) is 6.54 Å². The van der Waals surface area contributed by atoms with Gasteiger partial charge in [-0.15, -0.1) is 24.8 Å². The lowest BCUT2D eigenvalue weighted by molar-refractivity contribution is 0.577. The van der Waals surface area contributed by atoms with E-state index in [1.807, 2.05) is 49.4 Å². The molecule has 0 radical (unpaired) electrons. The van der Waals surface area contributed by atoms with Crippen LogP contribution in [0, 0.1) is 19.7 Å². The van der Waals surface area contributed by atoms with Gasteiger partial charge in [-0.25, -0.2) is 9.07 Å². The smallest absolute Gasteiger partial charge is 0.290 e. The summed E-state index contributed by atoms with van der Waals surface area (Å²) in [7, 11) is 0. The van der Waals surface area contributed by atoms with Crippen LogP contribution in [0.2, 0.25) is 0 Å². The molecule has 1 aliphatic heterocycles. The highest BCUT2D eigenvalue weighted by Gasteiger charge is 2.22. The number of benzene rings is 2. The maximum Gasteiger partial charge on any atom is 0.290 e. The van der Waals surface area contributed by atoms with Crippen LogP contribution in [0.5, 0.6) is 0 Å². The van der Waals surface area contributed by atoms with E-state index in [0.29, 0.717) is 23.5 Å². The lowest BCUT2D eigenvalue weighted by Gasteiger charge is -2.30. The number of aromatic nitrogens is 2. The monoisotopic (exact) mass is 490 g/mol. The minimum absolute atomic E-state index is 0. The van der Waals surface area contributed by atoms with E-state index in [1.165, 1.54) is 10.7 Å². The van der Waals surface area contributed by atoms with E-state index < -0.39 is 0 Å². The Bertz CT molecular complexity index is 1160. The Morgan fingerprint density at radius 1 is 1.06 bits per heavy atom. The zero-order valence-corrected chi connectivity index (χ0v) is 20.4. The minimum Gasteiger partial charge on any atom is -0.364 e. The maximum atomic E-state index is 13.9. The summed E-state index contributed by atoms with van der Waals surface area (Å²) in [5.41, 5.74) is 4.57. The minimum atomic E-state index is -0.247. The molecule has 2 heterocycles. The number of allylic oxidation sites excluding steroid dienone is 1. The van der Waals surface area contributed by atoms with Gasteiger partial charge in [-0.3, -0.25) is 4.79 Å². The van der Waals surface area contributed by atoms with Crippen LogP contribution in [-0.4, -0.2) is 36.0 Å². The zero-order valence-electron chi connectivity index (χ0n) is 18.8.